The van der Waals surface area contributed by atoms with Gasteiger partial charge in [0.2, 0.25) is 11.8 Å². The van der Waals surface area contributed by atoms with Gasteiger partial charge in [0, 0.05) is 24.9 Å². The van der Waals surface area contributed by atoms with E-state index in [2.05, 4.69) is 10.6 Å². The van der Waals surface area contributed by atoms with Crippen LogP contribution in [0.1, 0.15) is 29.0 Å². The number of carboxylic acids is 1. The molecule has 1 aliphatic heterocycles. The average molecular weight is 368 g/mol. The molecule has 1 heterocycles. The van der Waals surface area contributed by atoms with E-state index in [9.17, 15) is 23.9 Å². The lowest BCUT2D eigenvalue weighted by Crippen LogP contribution is -2.57. The molecule has 27 heavy (non-hydrogen) atoms. The van der Waals surface area contributed by atoms with Gasteiger partial charge in [-0.1, -0.05) is 30.3 Å². The van der Waals surface area contributed by atoms with Crippen LogP contribution in [0.2, 0.25) is 0 Å². The van der Waals surface area contributed by atoms with Crippen LogP contribution in [0.3, 0.4) is 0 Å². The highest BCUT2D eigenvalue weighted by Gasteiger charge is 2.46. The van der Waals surface area contributed by atoms with Crippen molar-refractivity contribution in [1.29, 1.82) is 0 Å². The molecule has 1 aliphatic carbocycles. The van der Waals surface area contributed by atoms with Crippen LogP contribution < -0.4 is 10.6 Å². The van der Waals surface area contributed by atoms with Crippen molar-refractivity contribution < 1.29 is 23.9 Å². The van der Waals surface area contributed by atoms with Gasteiger partial charge in [-0.15, -0.1) is 0 Å². The number of fused-ring (bicyclic) bond motifs is 2. The zero-order chi connectivity index (χ0) is 19.2. The number of carboxylic acid groups (broad SMARTS) is 1. The first-order chi connectivity index (χ1) is 12.9. The third-order valence-electron chi connectivity index (χ3n) is 5.25. The summed E-state index contributed by atoms with van der Waals surface area (Å²) in [4.78, 5) is 36.9. The molecule has 0 spiro atoms. The first-order valence-electron chi connectivity index (χ1n) is 8.59. The van der Waals surface area contributed by atoms with E-state index in [0.29, 0.717) is 5.56 Å². The molecular weight excluding hydrogens is 351 g/mol. The van der Waals surface area contributed by atoms with Crippen molar-refractivity contribution >= 4 is 23.5 Å². The van der Waals surface area contributed by atoms with E-state index in [4.69, 9.17) is 0 Å². The lowest BCUT2D eigenvalue weighted by molar-refractivity contribution is -0.147. The molecule has 0 fully saturated rings. The lowest BCUT2D eigenvalue weighted by atomic mass is 9.87. The van der Waals surface area contributed by atoms with Crippen molar-refractivity contribution in [2.24, 2.45) is 0 Å². The predicted molar refractivity (Wildman–Crippen MR) is 94.7 cm³/mol. The molecule has 3 N–H and O–H groups in total. The number of carbonyl (C=O) groups excluding carboxylic acids is 2. The number of rotatable bonds is 3. The van der Waals surface area contributed by atoms with Gasteiger partial charge in [-0.25, -0.2) is 9.18 Å². The molecule has 2 amide bonds. The molecule has 0 saturated carbocycles. The molecule has 0 unspecified atom stereocenters. The molecule has 138 valence electrons. The van der Waals surface area contributed by atoms with Crippen molar-refractivity contribution in [3.63, 3.8) is 0 Å². The number of hydrogen-bond donors (Lipinski definition) is 3. The molecule has 2 aliphatic rings. The Morgan fingerprint density at radius 3 is 2.44 bits per heavy atom. The molecule has 0 saturated heterocycles. The Morgan fingerprint density at radius 1 is 1.15 bits per heavy atom. The maximum absolute atomic E-state index is 13.5. The number of halogens is 1. The molecule has 0 bridgehead atoms. The van der Waals surface area contributed by atoms with Crippen molar-refractivity contribution in [1.82, 2.24) is 5.32 Å². The number of carbonyl (C=O) groups is 3. The van der Waals surface area contributed by atoms with E-state index in [1.165, 1.54) is 12.1 Å². The number of aliphatic carboxylic acids is 1. The molecule has 4 rings (SSSR count). The number of hydrogen-bond acceptors (Lipinski definition) is 3. The fraction of sp³-hybridized carbons (Fsp3) is 0.250. The molecule has 7 heteroatoms. The topological polar surface area (TPSA) is 95.5 Å². The van der Waals surface area contributed by atoms with E-state index < -0.39 is 35.1 Å². The highest BCUT2D eigenvalue weighted by Crippen LogP contribution is 2.35. The smallest absolute Gasteiger partial charge is 0.330 e. The van der Waals surface area contributed by atoms with E-state index in [1.54, 1.807) is 0 Å². The summed E-state index contributed by atoms with van der Waals surface area (Å²) in [5, 5.41) is 15.0. The molecule has 0 aromatic heterocycles. The molecular formula is C20H17FN2O4. The highest BCUT2D eigenvalue weighted by atomic mass is 19.1. The molecule has 6 nitrogen and oxygen atoms in total. The zero-order valence-corrected chi connectivity index (χ0v) is 14.3. The number of anilines is 1. The second-order valence-corrected chi connectivity index (χ2v) is 7.04. The molecule has 2 aromatic rings. The number of benzene rings is 2. The zero-order valence-electron chi connectivity index (χ0n) is 14.3. The van der Waals surface area contributed by atoms with Gasteiger partial charge >= 0.3 is 5.97 Å². The van der Waals surface area contributed by atoms with Gasteiger partial charge in [-0.05, 0) is 28.8 Å². The van der Waals surface area contributed by atoms with E-state index in [0.717, 1.165) is 17.2 Å². The summed E-state index contributed by atoms with van der Waals surface area (Å²) in [5.74, 6) is -3.47. The van der Waals surface area contributed by atoms with E-state index >= 15 is 0 Å². The summed E-state index contributed by atoms with van der Waals surface area (Å²) < 4.78 is 13.5. The summed E-state index contributed by atoms with van der Waals surface area (Å²) in [6.45, 7) is 0. The average Bonchev–Trinajstić information content (AvgIpc) is 3.00. The maximum atomic E-state index is 13.5. The lowest BCUT2D eigenvalue weighted by Gasteiger charge is -2.30. The van der Waals surface area contributed by atoms with Gasteiger partial charge in [-0.2, -0.15) is 0 Å². The Labute approximate surface area is 154 Å². The fourth-order valence-electron chi connectivity index (χ4n) is 3.90. The third kappa shape index (κ3) is 2.95. The minimum absolute atomic E-state index is 0.118. The molecule has 1 atom stereocenters. The maximum Gasteiger partial charge on any atom is 0.330 e. The third-order valence-corrected chi connectivity index (χ3v) is 5.25. The van der Waals surface area contributed by atoms with Gasteiger partial charge in [-0.3, -0.25) is 9.59 Å². The van der Waals surface area contributed by atoms with E-state index in [-0.39, 0.29) is 24.9 Å². The summed E-state index contributed by atoms with van der Waals surface area (Å²) in [5.41, 5.74) is 1.03. The number of nitrogens with one attached hydrogen (secondary N) is 2. The van der Waals surface area contributed by atoms with Crippen molar-refractivity contribution in [2.45, 2.75) is 30.7 Å². The SMILES string of the molecule is O=C1C[C@@H](C(=O)NC2(C(=O)O)Cc3ccccc3C2)c2ccc(F)cc2N1. The standard InChI is InChI=1S/C20H17FN2O4/c21-13-5-6-14-15(8-17(24)22-16(14)7-13)18(25)23-20(19(26)27)9-11-3-1-2-4-12(11)10-20/h1-7,15H,8-10H2,(H,22,24)(H,23,25)(H,26,27)/t15-/m1/s1. The first kappa shape index (κ1) is 17.2. The highest BCUT2D eigenvalue weighted by molar-refractivity contribution is 6.02. The summed E-state index contributed by atoms with van der Waals surface area (Å²) in [7, 11) is 0. The number of amides is 2. The Kier molecular flexibility index (Phi) is 3.95. The second-order valence-electron chi connectivity index (χ2n) is 7.04. The largest absolute Gasteiger partial charge is 0.479 e. The van der Waals surface area contributed by atoms with Crippen LogP contribution in [-0.2, 0) is 27.2 Å². The van der Waals surface area contributed by atoms with Crippen molar-refractivity contribution in [3.05, 3.63) is 65.0 Å². The van der Waals surface area contributed by atoms with Crippen LogP contribution in [0.5, 0.6) is 0 Å². The molecule has 0 radical (unpaired) electrons. The second kappa shape index (κ2) is 6.19. The van der Waals surface area contributed by atoms with Crippen LogP contribution in [0.15, 0.2) is 42.5 Å². The van der Waals surface area contributed by atoms with Crippen LogP contribution in [0, 0.1) is 5.82 Å². The summed E-state index contributed by atoms with van der Waals surface area (Å²) >= 11 is 0. The van der Waals surface area contributed by atoms with Crippen LogP contribution in [0.4, 0.5) is 10.1 Å². The van der Waals surface area contributed by atoms with Gasteiger partial charge in [0.1, 0.15) is 11.4 Å². The fourth-order valence-corrected chi connectivity index (χ4v) is 3.90. The Balaban J connectivity index is 1.64. The van der Waals surface area contributed by atoms with Crippen LogP contribution >= 0.6 is 0 Å². The summed E-state index contributed by atoms with van der Waals surface area (Å²) in [6.07, 6.45) is 0.242. The van der Waals surface area contributed by atoms with Crippen LogP contribution in [0.25, 0.3) is 0 Å². The van der Waals surface area contributed by atoms with Gasteiger partial charge < -0.3 is 15.7 Å². The summed E-state index contributed by atoms with van der Waals surface area (Å²) in [6, 6.07) is 11.2. The first-order valence-corrected chi connectivity index (χ1v) is 8.59. The van der Waals surface area contributed by atoms with Gasteiger partial charge in [0.25, 0.3) is 0 Å². The quantitative estimate of drug-likeness (QED) is 0.772. The van der Waals surface area contributed by atoms with E-state index in [1.807, 2.05) is 24.3 Å². The minimum Gasteiger partial charge on any atom is -0.479 e. The predicted octanol–water partition coefficient (Wildman–Crippen LogP) is 1.99. The van der Waals surface area contributed by atoms with Gasteiger partial charge in [0.15, 0.2) is 0 Å². The van der Waals surface area contributed by atoms with Crippen molar-refractivity contribution in [3.8, 4) is 0 Å². The Hall–Kier alpha value is -3.22. The Bertz CT molecular complexity index is 947. The van der Waals surface area contributed by atoms with Gasteiger partial charge in [0.05, 0.1) is 5.92 Å². The van der Waals surface area contributed by atoms with Crippen molar-refractivity contribution in [2.75, 3.05) is 5.32 Å². The Morgan fingerprint density at radius 2 is 1.81 bits per heavy atom. The molecule has 2 aromatic carbocycles. The monoisotopic (exact) mass is 368 g/mol. The van der Waals surface area contributed by atoms with Crippen LogP contribution in [-0.4, -0.2) is 28.4 Å². The minimum atomic E-state index is -1.45. The normalized spacial score (nSPS) is 19.6.